The molecule has 0 atom stereocenters. The number of hydrogen-bond acceptors (Lipinski definition) is 2. The fourth-order valence-corrected chi connectivity index (χ4v) is 3.43. The molecule has 0 aliphatic heterocycles. The Morgan fingerprint density at radius 2 is 0.622 bits per heavy atom. The zero-order valence-electron chi connectivity index (χ0n) is 27.7. The minimum absolute atomic E-state index is 0.212. The third-order valence-electron chi connectivity index (χ3n) is 5.41. The van der Waals surface area contributed by atoms with Gasteiger partial charge in [-0.1, -0.05) is 153 Å². The lowest BCUT2D eigenvalue weighted by atomic mass is 10.1. The molecule has 0 aliphatic rings. The average Bonchev–Trinajstić information content (AvgIpc) is 2.93. The molecule has 0 fully saturated rings. The van der Waals surface area contributed by atoms with Crippen molar-refractivity contribution < 1.29 is 9.59 Å². The maximum absolute atomic E-state index is 11.1. The highest BCUT2D eigenvalue weighted by molar-refractivity contribution is 5.76. The number of rotatable bonds is 21. The summed E-state index contributed by atoms with van der Waals surface area (Å²) in [6.07, 6.45) is 23.0. The van der Waals surface area contributed by atoms with Crippen LogP contribution in [0.1, 0.15) is 191 Å². The number of carbonyl (C=O) groups is 2. The van der Waals surface area contributed by atoms with Gasteiger partial charge in [0.05, 0.1) is 0 Å². The molecule has 0 spiro atoms. The molecular formula is C33H74N2O2. The van der Waals surface area contributed by atoms with Gasteiger partial charge < -0.3 is 10.6 Å². The summed E-state index contributed by atoms with van der Waals surface area (Å²) in [5.74, 6) is 0.425. The van der Waals surface area contributed by atoms with Crippen LogP contribution in [-0.4, -0.2) is 24.9 Å². The monoisotopic (exact) mass is 531 g/mol. The number of carbonyl (C=O) groups excluding carboxylic acids is 2. The second-order valence-electron chi connectivity index (χ2n) is 8.80. The number of amides is 2. The van der Waals surface area contributed by atoms with Crippen molar-refractivity contribution in [2.24, 2.45) is 0 Å². The molecule has 0 saturated carbocycles. The van der Waals surface area contributed by atoms with E-state index in [9.17, 15) is 9.59 Å². The van der Waals surface area contributed by atoms with E-state index in [0.29, 0.717) is 12.8 Å². The van der Waals surface area contributed by atoms with Gasteiger partial charge in [0, 0.05) is 25.9 Å². The summed E-state index contributed by atoms with van der Waals surface area (Å²) in [5.41, 5.74) is 0. The maximum atomic E-state index is 11.1. The molecule has 0 radical (unpaired) electrons. The molecule has 228 valence electrons. The predicted octanol–water partition coefficient (Wildman–Crippen LogP) is 10.8. The Balaban J connectivity index is -0.000000153. The van der Waals surface area contributed by atoms with E-state index < -0.39 is 0 Å². The molecule has 0 aliphatic carbocycles. The van der Waals surface area contributed by atoms with Crippen LogP contribution < -0.4 is 10.6 Å². The first-order chi connectivity index (χ1) is 18.1. The zero-order valence-corrected chi connectivity index (χ0v) is 27.7. The van der Waals surface area contributed by atoms with Gasteiger partial charge in [-0.2, -0.15) is 0 Å². The first-order valence-electron chi connectivity index (χ1n) is 16.7. The van der Waals surface area contributed by atoms with E-state index in [1.807, 2.05) is 55.4 Å². The molecule has 0 heterocycles. The van der Waals surface area contributed by atoms with E-state index in [1.54, 1.807) is 0 Å². The summed E-state index contributed by atoms with van der Waals surface area (Å²) in [7, 11) is 0. The normalized spacial score (nSPS) is 9.14. The molecule has 2 N–H and O–H groups in total. The second kappa shape index (κ2) is 51.6. The fraction of sp³-hybridized carbons (Fsp3) is 0.939. The van der Waals surface area contributed by atoms with Crippen LogP contribution in [0.5, 0.6) is 0 Å². The SMILES string of the molecule is CC.CC.CC.CCCCCCCCCCNC(=O)CCC.CCCCCCCCCNC(=O)CCC. The van der Waals surface area contributed by atoms with Crippen molar-refractivity contribution in [2.75, 3.05) is 13.1 Å². The maximum Gasteiger partial charge on any atom is 0.219 e. The summed E-state index contributed by atoms with van der Waals surface area (Å²) >= 11 is 0. The van der Waals surface area contributed by atoms with Crippen molar-refractivity contribution in [1.82, 2.24) is 10.6 Å². The standard InChI is InChI=1S/C14H29NO.C13H27NO.3C2H6/c1-3-5-6-7-8-9-10-11-13-15-14(16)12-4-2;1-3-5-6-7-8-9-10-12-14-13(15)11-4-2;3*1-2/h3-13H2,1-2H3,(H,15,16);3-12H2,1-2H3,(H,14,15);3*1-2H3. The van der Waals surface area contributed by atoms with E-state index in [2.05, 4.69) is 24.5 Å². The van der Waals surface area contributed by atoms with Crippen LogP contribution in [0.25, 0.3) is 0 Å². The van der Waals surface area contributed by atoms with Gasteiger partial charge in [-0.05, 0) is 25.7 Å². The van der Waals surface area contributed by atoms with E-state index in [0.717, 1.165) is 38.8 Å². The Morgan fingerprint density at radius 3 is 0.865 bits per heavy atom. The van der Waals surface area contributed by atoms with Crippen molar-refractivity contribution in [3.05, 3.63) is 0 Å². The van der Waals surface area contributed by atoms with Gasteiger partial charge >= 0.3 is 0 Å². The third kappa shape index (κ3) is 56.3. The molecule has 0 rings (SSSR count). The van der Waals surface area contributed by atoms with Gasteiger partial charge in [0.2, 0.25) is 11.8 Å². The average molecular weight is 531 g/mol. The smallest absolute Gasteiger partial charge is 0.219 e. The van der Waals surface area contributed by atoms with E-state index >= 15 is 0 Å². The molecule has 0 bridgehead atoms. The lowest BCUT2D eigenvalue weighted by Crippen LogP contribution is -2.23. The van der Waals surface area contributed by atoms with Crippen LogP contribution in [0.2, 0.25) is 0 Å². The van der Waals surface area contributed by atoms with E-state index in [1.165, 1.54) is 83.5 Å². The Bertz CT molecular complexity index is 373. The summed E-state index contributed by atoms with van der Waals surface area (Å²) in [4.78, 5) is 22.2. The highest BCUT2D eigenvalue weighted by Gasteiger charge is 1.98. The van der Waals surface area contributed by atoms with E-state index in [4.69, 9.17) is 0 Å². The Labute approximate surface area is 236 Å². The Kier molecular flexibility index (Phi) is 63.9. The highest BCUT2D eigenvalue weighted by Crippen LogP contribution is 2.08. The van der Waals surface area contributed by atoms with Crippen LogP contribution in [0.3, 0.4) is 0 Å². The molecule has 0 aromatic rings. The largest absolute Gasteiger partial charge is 0.356 e. The highest BCUT2D eigenvalue weighted by atomic mass is 16.2. The lowest BCUT2D eigenvalue weighted by molar-refractivity contribution is -0.121. The van der Waals surface area contributed by atoms with Crippen LogP contribution in [0.15, 0.2) is 0 Å². The summed E-state index contributed by atoms with van der Waals surface area (Å²) in [6, 6.07) is 0. The number of hydrogen-bond donors (Lipinski definition) is 2. The minimum atomic E-state index is 0.212. The molecule has 0 saturated heterocycles. The van der Waals surface area contributed by atoms with Gasteiger partial charge in [-0.25, -0.2) is 0 Å². The lowest BCUT2D eigenvalue weighted by Gasteiger charge is -2.04. The molecule has 37 heavy (non-hydrogen) atoms. The molecule has 4 heteroatoms. The van der Waals surface area contributed by atoms with Gasteiger partial charge in [-0.3, -0.25) is 9.59 Å². The predicted molar refractivity (Wildman–Crippen MR) is 170 cm³/mol. The Morgan fingerprint density at radius 1 is 0.378 bits per heavy atom. The van der Waals surface area contributed by atoms with Gasteiger partial charge in [0.15, 0.2) is 0 Å². The Hall–Kier alpha value is -1.06. The van der Waals surface area contributed by atoms with Gasteiger partial charge in [0.25, 0.3) is 0 Å². The summed E-state index contributed by atoms with van der Waals surface area (Å²) in [5, 5.41) is 5.90. The van der Waals surface area contributed by atoms with E-state index in [-0.39, 0.29) is 11.8 Å². The van der Waals surface area contributed by atoms with Crippen LogP contribution >= 0.6 is 0 Å². The van der Waals surface area contributed by atoms with Crippen molar-refractivity contribution in [2.45, 2.75) is 191 Å². The minimum Gasteiger partial charge on any atom is -0.356 e. The molecule has 2 amide bonds. The topological polar surface area (TPSA) is 58.2 Å². The van der Waals surface area contributed by atoms with Crippen molar-refractivity contribution in [3.8, 4) is 0 Å². The molecule has 0 aromatic carbocycles. The number of nitrogens with one attached hydrogen (secondary N) is 2. The van der Waals surface area contributed by atoms with Gasteiger partial charge in [0.1, 0.15) is 0 Å². The second-order valence-corrected chi connectivity index (χ2v) is 8.80. The van der Waals surface area contributed by atoms with Crippen molar-refractivity contribution >= 4 is 11.8 Å². The van der Waals surface area contributed by atoms with Crippen LogP contribution in [0.4, 0.5) is 0 Å². The number of unbranched alkanes of at least 4 members (excludes halogenated alkanes) is 13. The quantitative estimate of drug-likeness (QED) is 0.145. The fourth-order valence-electron chi connectivity index (χ4n) is 3.43. The van der Waals surface area contributed by atoms with Crippen LogP contribution in [-0.2, 0) is 9.59 Å². The summed E-state index contributed by atoms with van der Waals surface area (Å²) in [6.45, 7) is 22.3. The molecule has 0 unspecified atom stereocenters. The first-order valence-corrected chi connectivity index (χ1v) is 16.7. The molecule has 4 nitrogen and oxygen atoms in total. The molecular weight excluding hydrogens is 456 g/mol. The van der Waals surface area contributed by atoms with Crippen molar-refractivity contribution in [3.63, 3.8) is 0 Å². The third-order valence-corrected chi connectivity index (χ3v) is 5.41. The van der Waals surface area contributed by atoms with Crippen molar-refractivity contribution in [1.29, 1.82) is 0 Å². The zero-order chi connectivity index (χ0) is 29.4. The summed E-state index contributed by atoms with van der Waals surface area (Å²) < 4.78 is 0. The molecule has 0 aromatic heterocycles. The first kappa shape index (κ1) is 45.8. The van der Waals surface area contributed by atoms with Crippen LogP contribution in [0, 0.1) is 0 Å². The van der Waals surface area contributed by atoms with Gasteiger partial charge in [-0.15, -0.1) is 0 Å².